The maximum absolute atomic E-state index is 11.6. The fourth-order valence-electron chi connectivity index (χ4n) is 3.25. The highest BCUT2D eigenvalue weighted by molar-refractivity contribution is 5.67. The maximum Gasteiger partial charge on any atom is 0.407 e. The fourth-order valence-corrected chi connectivity index (χ4v) is 3.25. The summed E-state index contributed by atoms with van der Waals surface area (Å²) in [4.78, 5) is 11.6. The molecule has 0 bridgehead atoms. The first-order valence-corrected chi connectivity index (χ1v) is 9.87. The van der Waals surface area contributed by atoms with Gasteiger partial charge in [0.25, 0.3) is 0 Å². The van der Waals surface area contributed by atoms with Crippen LogP contribution in [0.4, 0.5) is 4.79 Å². The summed E-state index contributed by atoms with van der Waals surface area (Å²) in [6, 6.07) is 9.38. The molecule has 9 nitrogen and oxygen atoms in total. The minimum absolute atomic E-state index is 0.0427. The molecule has 164 valence electrons. The second-order valence-electron chi connectivity index (χ2n) is 7.26. The summed E-state index contributed by atoms with van der Waals surface area (Å²) in [5.74, 6) is -2.02. The summed E-state index contributed by atoms with van der Waals surface area (Å²) >= 11 is 0. The highest BCUT2D eigenvalue weighted by Crippen LogP contribution is 2.32. The highest BCUT2D eigenvalue weighted by atomic mass is 16.7. The van der Waals surface area contributed by atoms with Crippen molar-refractivity contribution in [3.05, 3.63) is 35.9 Å². The molecule has 1 aliphatic heterocycles. The predicted octanol–water partition coefficient (Wildman–Crippen LogP) is 0.0257. The van der Waals surface area contributed by atoms with Crippen molar-refractivity contribution in [1.82, 2.24) is 5.32 Å². The Morgan fingerprint density at radius 1 is 1.07 bits per heavy atom. The van der Waals surface area contributed by atoms with E-state index in [9.17, 15) is 30.3 Å². The van der Waals surface area contributed by atoms with E-state index in [2.05, 4.69) is 5.32 Å². The minimum Gasteiger partial charge on any atom is -0.445 e. The number of benzene rings is 1. The molecule has 0 spiro atoms. The van der Waals surface area contributed by atoms with Gasteiger partial charge in [0.1, 0.15) is 31.0 Å². The summed E-state index contributed by atoms with van der Waals surface area (Å²) in [5, 5.41) is 51.8. The van der Waals surface area contributed by atoms with Gasteiger partial charge < -0.3 is 40.3 Å². The van der Waals surface area contributed by atoms with E-state index >= 15 is 0 Å². The fraction of sp³-hybridized carbons (Fsp3) is 0.650. The van der Waals surface area contributed by atoms with Crippen LogP contribution in [-0.4, -0.2) is 75.0 Å². The number of rotatable bonds is 10. The van der Waals surface area contributed by atoms with Gasteiger partial charge in [0.05, 0.1) is 6.61 Å². The summed E-state index contributed by atoms with van der Waals surface area (Å²) in [6.45, 7) is 0.0801. The van der Waals surface area contributed by atoms with E-state index in [1.165, 1.54) is 0 Å². The third kappa shape index (κ3) is 6.91. The molecule has 0 saturated carbocycles. The van der Waals surface area contributed by atoms with Crippen molar-refractivity contribution in [3.8, 4) is 0 Å². The Morgan fingerprint density at radius 2 is 1.76 bits per heavy atom. The zero-order valence-corrected chi connectivity index (χ0v) is 16.3. The number of hydrogen-bond donors (Lipinski definition) is 6. The van der Waals surface area contributed by atoms with E-state index in [4.69, 9.17) is 9.47 Å². The van der Waals surface area contributed by atoms with E-state index in [0.717, 1.165) is 12.0 Å². The van der Waals surface area contributed by atoms with Crippen LogP contribution in [0, 0.1) is 0 Å². The van der Waals surface area contributed by atoms with E-state index in [-0.39, 0.29) is 13.0 Å². The SMILES string of the molecule is O=C(NCCCCCC[C@@]1(O)O[C@H](CO)[C@H](O)[C@H](O)[C@H]1O)OCc1ccccc1. The van der Waals surface area contributed by atoms with Crippen LogP contribution in [0.25, 0.3) is 0 Å². The standard InChI is InChI=1S/C20H31NO8/c22-12-15-16(23)17(24)18(25)20(27,29-15)10-6-1-2-7-11-21-19(26)28-13-14-8-4-3-5-9-14/h3-5,8-9,15-18,22-25,27H,1-2,6-7,10-13H2,(H,21,26)/t15-,16+,17+,18-,20-/m1/s1. The van der Waals surface area contributed by atoms with Gasteiger partial charge in [0.2, 0.25) is 0 Å². The van der Waals surface area contributed by atoms with Crippen molar-refractivity contribution in [2.24, 2.45) is 0 Å². The van der Waals surface area contributed by atoms with Crippen LogP contribution in [-0.2, 0) is 16.1 Å². The molecule has 0 aromatic heterocycles. The molecule has 6 N–H and O–H groups in total. The average molecular weight is 413 g/mol. The number of alkyl carbamates (subject to hydrolysis) is 1. The van der Waals surface area contributed by atoms with Gasteiger partial charge in [-0.15, -0.1) is 0 Å². The van der Waals surface area contributed by atoms with Crippen LogP contribution < -0.4 is 5.32 Å². The van der Waals surface area contributed by atoms with Gasteiger partial charge in [-0.3, -0.25) is 0 Å². The number of hydrogen-bond acceptors (Lipinski definition) is 8. The van der Waals surface area contributed by atoms with Crippen molar-refractivity contribution < 1.29 is 39.8 Å². The number of unbranched alkanes of at least 4 members (excludes halogenated alkanes) is 3. The van der Waals surface area contributed by atoms with Gasteiger partial charge in [-0.1, -0.05) is 43.2 Å². The van der Waals surface area contributed by atoms with E-state index in [0.29, 0.717) is 25.8 Å². The summed E-state index contributed by atoms with van der Waals surface area (Å²) < 4.78 is 10.3. The van der Waals surface area contributed by atoms with E-state index in [1.54, 1.807) is 0 Å². The van der Waals surface area contributed by atoms with Gasteiger partial charge in [-0.05, 0) is 18.4 Å². The van der Waals surface area contributed by atoms with E-state index in [1.807, 2.05) is 30.3 Å². The lowest BCUT2D eigenvalue weighted by Crippen LogP contribution is -2.65. The lowest BCUT2D eigenvalue weighted by atomic mass is 9.89. The van der Waals surface area contributed by atoms with Gasteiger partial charge in [-0.25, -0.2) is 4.79 Å². The van der Waals surface area contributed by atoms with Crippen LogP contribution in [0.1, 0.15) is 37.7 Å². The lowest BCUT2D eigenvalue weighted by Gasteiger charge is -2.45. The molecule has 1 saturated heterocycles. The van der Waals surface area contributed by atoms with Crippen molar-refractivity contribution >= 4 is 6.09 Å². The smallest absolute Gasteiger partial charge is 0.407 e. The normalized spacial score (nSPS) is 29.4. The van der Waals surface area contributed by atoms with Gasteiger partial charge in [-0.2, -0.15) is 0 Å². The Morgan fingerprint density at radius 3 is 2.45 bits per heavy atom. The van der Waals surface area contributed by atoms with Gasteiger partial charge in [0.15, 0.2) is 5.79 Å². The summed E-state index contributed by atoms with van der Waals surface area (Å²) in [7, 11) is 0. The monoisotopic (exact) mass is 413 g/mol. The minimum atomic E-state index is -2.02. The molecule has 0 radical (unpaired) electrons. The number of ether oxygens (including phenoxy) is 2. The molecular formula is C20H31NO8. The molecule has 1 heterocycles. The molecule has 1 aromatic rings. The van der Waals surface area contributed by atoms with Gasteiger partial charge >= 0.3 is 6.09 Å². The molecule has 0 aliphatic carbocycles. The number of aliphatic hydroxyl groups excluding tert-OH is 4. The van der Waals surface area contributed by atoms with Crippen LogP contribution in [0.5, 0.6) is 0 Å². The third-order valence-electron chi connectivity index (χ3n) is 5.00. The summed E-state index contributed by atoms with van der Waals surface area (Å²) in [5.41, 5.74) is 0.911. The first kappa shape index (κ1) is 23.5. The average Bonchev–Trinajstić information content (AvgIpc) is 2.73. The number of amides is 1. The van der Waals surface area contributed by atoms with Crippen molar-refractivity contribution in [2.45, 2.75) is 68.9 Å². The molecule has 29 heavy (non-hydrogen) atoms. The maximum atomic E-state index is 11.6. The van der Waals surface area contributed by atoms with Crippen LogP contribution >= 0.6 is 0 Å². The molecule has 1 aliphatic rings. The van der Waals surface area contributed by atoms with Crippen molar-refractivity contribution in [3.63, 3.8) is 0 Å². The number of nitrogens with one attached hydrogen (secondary N) is 1. The molecule has 1 fully saturated rings. The molecule has 9 heteroatoms. The Kier molecular flexibility index (Phi) is 9.28. The predicted molar refractivity (Wildman–Crippen MR) is 103 cm³/mol. The summed E-state index contributed by atoms with van der Waals surface area (Å²) in [6.07, 6.45) is -3.67. The van der Waals surface area contributed by atoms with Crippen molar-refractivity contribution in [2.75, 3.05) is 13.2 Å². The third-order valence-corrected chi connectivity index (χ3v) is 5.00. The number of carbonyl (C=O) groups is 1. The molecule has 1 aromatic carbocycles. The Bertz CT molecular complexity index is 614. The quantitative estimate of drug-likeness (QED) is 0.294. The zero-order valence-electron chi connectivity index (χ0n) is 16.3. The Balaban J connectivity index is 1.57. The topological polar surface area (TPSA) is 149 Å². The largest absolute Gasteiger partial charge is 0.445 e. The molecule has 0 unspecified atom stereocenters. The first-order chi connectivity index (χ1) is 13.9. The number of carbonyl (C=O) groups excluding carboxylic acids is 1. The highest BCUT2D eigenvalue weighted by Gasteiger charge is 2.51. The Hall–Kier alpha value is -1.75. The molecule has 5 atom stereocenters. The van der Waals surface area contributed by atoms with Crippen LogP contribution in [0.3, 0.4) is 0 Å². The molecule has 1 amide bonds. The molecular weight excluding hydrogens is 382 g/mol. The van der Waals surface area contributed by atoms with Crippen molar-refractivity contribution in [1.29, 1.82) is 0 Å². The number of aliphatic hydroxyl groups is 5. The second-order valence-corrected chi connectivity index (χ2v) is 7.26. The lowest BCUT2D eigenvalue weighted by molar-refractivity contribution is -0.351. The second kappa shape index (κ2) is 11.4. The van der Waals surface area contributed by atoms with Crippen LogP contribution in [0.2, 0.25) is 0 Å². The van der Waals surface area contributed by atoms with Crippen LogP contribution in [0.15, 0.2) is 30.3 Å². The zero-order chi connectivity index (χ0) is 21.3. The molecule has 2 rings (SSSR count). The van der Waals surface area contributed by atoms with E-state index < -0.39 is 42.9 Å². The first-order valence-electron chi connectivity index (χ1n) is 9.87. The van der Waals surface area contributed by atoms with Gasteiger partial charge in [0, 0.05) is 13.0 Å². The Labute approximate surface area is 169 Å².